The van der Waals surface area contributed by atoms with E-state index < -0.39 is 18.0 Å². The van der Waals surface area contributed by atoms with Gasteiger partial charge in [-0.2, -0.15) is 0 Å². The number of hydrogen-bond acceptors (Lipinski definition) is 13. The predicted molar refractivity (Wildman–Crippen MR) is 242 cm³/mol. The minimum absolute atomic E-state index is 0.0815. The van der Waals surface area contributed by atoms with Crippen molar-refractivity contribution in [3.63, 3.8) is 0 Å². The van der Waals surface area contributed by atoms with Crippen molar-refractivity contribution in [3.8, 4) is 34.4 Å². The maximum Gasteiger partial charge on any atom is 0.333 e. The molecule has 0 amide bonds. The third kappa shape index (κ3) is 12.3. The van der Waals surface area contributed by atoms with Gasteiger partial charge in [-0.3, -0.25) is 9.59 Å². The maximum atomic E-state index is 12.7. The molecule has 7 aromatic rings. The fourth-order valence-corrected chi connectivity index (χ4v) is 6.06. The zero-order valence-corrected chi connectivity index (χ0v) is 35.5. The molecule has 0 radical (unpaired) electrons. The number of ketones is 2. The Hall–Kier alpha value is -8.52. The molecule has 0 spiro atoms. The van der Waals surface area contributed by atoms with Crippen LogP contribution in [-0.2, 0) is 25.5 Å². The van der Waals surface area contributed by atoms with Crippen LogP contribution in [0, 0.1) is 0 Å². The molecule has 0 aliphatic carbocycles. The minimum atomic E-state index is -0.903. The Kier molecular flexibility index (Phi) is 15.2. The Morgan fingerprint density at radius 2 is 1.06 bits per heavy atom. The smallest absolute Gasteiger partial charge is 0.333 e. The lowest BCUT2D eigenvalue weighted by molar-refractivity contribution is -0.147. The quantitative estimate of drug-likeness (QED) is 0.0449. The summed E-state index contributed by atoms with van der Waals surface area (Å²) in [6, 6.07) is 38.3. The highest BCUT2D eigenvalue weighted by molar-refractivity contribution is 6.11. The highest BCUT2D eigenvalue weighted by atomic mass is 16.6. The largest absolute Gasteiger partial charge is 0.507 e. The van der Waals surface area contributed by atoms with E-state index in [1.807, 2.05) is 24.3 Å². The van der Waals surface area contributed by atoms with Crippen LogP contribution in [0.4, 0.5) is 0 Å². The number of benzene rings is 6. The molecule has 0 fully saturated rings. The van der Waals surface area contributed by atoms with Crippen molar-refractivity contribution in [3.05, 3.63) is 192 Å². The Morgan fingerprint density at radius 3 is 1.52 bits per heavy atom. The van der Waals surface area contributed by atoms with Crippen LogP contribution in [0.5, 0.6) is 28.7 Å². The highest BCUT2D eigenvalue weighted by Gasteiger charge is 2.21. The number of aromatic hydroxyl groups is 3. The number of phenols is 3. The summed E-state index contributed by atoms with van der Waals surface area (Å²) in [7, 11) is 0. The lowest BCUT2D eigenvalue weighted by atomic mass is 10.0. The monoisotopic (exact) mass is 875 g/mol. The van der Waals surface area contributed by atoms with Crippen LogP contribution in [0.15, 0.2) is 164 Å². The number of carbonyl (C=O) groups is 4. The number of phenolic OH excluding ortho intramolecular Hbond substituents is 3. The van der Waals surface area contributed by atoms with Crippen molar-refractivity contribution in [2.45, 2.75) is 26.4 Å². The van der Waals surface area contributed by atoms with Gasteiger partial charge in [0.2, 0.25) is 0 Å². The van der Waals surface area contributed by atoms with Gasteiger partial charge in [0.15, 0.2) is 17.7 Å². The highest BCUT2D eigenvalue weighted by Crippen LogP contribution is 2.28. The molecular weight excluding hydrogens is 831 g/mol. The lowest BCUT2D eigenvalue weighted by Crippen LogP contribution is -2.31. The molecule has 0 atom stereocenters. The van der Waals surface area contributed by atoms with Crippen molar-refractivity contribution >= 4 is 34.5 Å². The van der Waals surface area contributed by atoms with Gasteiger partial charge in [-0.15, -0.1) is 15.0 Å². The van der Waals surface area contributed by atoms with Crippen LogP contribution in [-0.4, -0.2) is 79.7 Å². The first kappa shape index (κ1) is 46.0. The van der Waals surface area contributed by atoms with Crippen molar-refractivity contribution in [2.75, 3.05) is 19.8 Å². The topological polar surface area (TPSA) is 197 Å². The molecule has 0 aliphatic rings. The van der Waals surface area contributed by atoms with Crippen molar-refractivity contribution in [1.82, 2.24) is 15.0 Å². The van der Waals surface area contributed by atoms with Gasteiger partial charge in [-0.1, -0.05) is 92.0 Å². The molecule has 14 nitrogen and oxygen atoms in total. The summed E-state index contributed by atoms with van der Waals surface area (Å²) in [6.45, 7) is 10.2. The molecular formula is C51H45N3O11. The van der Waals surface area contributed by atoms with Crippen LogP contribution in [0.2, 0.25) is 0 Å². The van der Waals surface area contributed by atoms with Gasteiger partial charge in [0.05, 0.1) is 17.7 Å². The molecule has 7 rings (SSSR count). The SMILES string of the molecule is C=C(C)C(=O)OC(COc1ccc(C(=O)c2ccccc2)c(O)c1)COc1ccc(C(=O)c2ccccc2)c(O)c1.C=C(C)C(=O)OCCc1ccc(O)c(-n2nc3ccccc3n2)c1. The maximum absolute atomic E-state index is 12.7. The average molecular weight is 876 g/mol. The second-order valence-electron chi connectivity index (χ2n) is 14.6. The summed E-state index contributed by atoms with van der Waals surface area (Å²) in [5.41, 5.74) is 4.53. The number of esters is 2. The first-order valence-electron chi connectivity index (χ1n) is 20.2. The molecule has 3 N–H and O–H groups in total. The molecule has 0 aliphatic heterocycles. The standard InChI is InChI=1S/C33H28O8.C18H17N3O3/c1-21(2)33(38)41-26(19-39-24-13-15-27(29(34)17-24)31(36)22-9-5-3-6-10-22)20-40-25-14-16-28(30(35)18-25)32(37)23-11-7-4-8-12-23;1-12(2)18(23)24-10-9-13-7-8-17(22)16(11-13)21-19-14-5-3-4-6-15(14)20-21/h3-18,26,34-35H,1,19-20H2,2H3;3-8,11,22H,1,9-10H2,2H3. The molecule has 0 bridgehead atoms. The third-order valence-electron chi connectivity index (χ3n) is 9.51. The third-order valence-corrected chi connectivity index (χ3v) is 9.51. The molecule has 0 saturated carbocycles. The minimum Gasteiger partial charge on any atom is -0.507 e. The van der Waals surface area contributed by atoms with Gasteiger partial charge in [-0.25, -0.2) is 9.59 Å². The summed E-state index contributed by atoms with van der Waals surface area (Å²) in [6.07, 6.45) is -0.382. The molecule has 14 heteroatoms. The molecule has 1 heterocycles. The summed E-state index contributed by atoms with van der Waals surface area (Å²) in [5.74, 6) is -1.69. The molecule has 0 saturated heterocycles. The summed E-state index contributed by atoms with van der Waals surface area (Å²) < 4.78 is 22.0. The van der Waals surface area contributed by atoms with Gasteiger partial charge < -0.3 is 34.3 Å². The fraction of sp³-hybridized carbons (Fsp3) is 0.137. The van der Waals surface area contributed by atoms with Crippen molar-refractivity contribution < 1.29 is 53.4 Å². The molecule has 6 aromatic carbocycles. The molecule has 330 valence electrons. The number of fused-ring (bicyclic) bond motifs is 1. The number of ether oxygens (including phenoxy) is 4. The van der Waals surface area contributed by atoms with Crippen LogP contribution in [0.3, 0.4) is 0 Å². The number of aromatic nitrogens is 3. The van der Waals surface area contributed by atoms with Crippen molar-refractivity contribution in [1.29, 1.82) is 0 Å². The van der Waals surface area contributed by atoms with Gasteiger partial charge >= 0.3 is 11.9 Å². The van der Waals surface area contributed by atoms with E-state index in [4.69, 9.17) is 18.9 Å². The van der Waals surface area contributed by atoms with Gasteiger partial charge in [0.25, 0.3) is 0 Å². The van der Waals surface area contributed by atoms with E-state index in [2.05, 4.69) is 23.4 Å². The second-order valence-corrected chi connectivity index (χ2v) is 14.6. The summed E-state index contributed by atoms with van der Waals surface area (Å²) in [4.78, 5) is 50.4. The van der Waals surface area contributed by atoms with E-state index in [1.54, 1.807) is 85.8 Å². The Balaban J connectivity index is 0.000000247. The van der Waals surface area contributed by atoms with Crippen LogP contribution >= 0.6 is 0 Å². The van der Waals surface area contributed by atoms with E-state index in [9.17, 15) is 34.5 Å². The summed E-state index contributed by atoms with van der Waals surface area (Å²) in [5, 5.41) is 39.7. The van der Waals surface area contributed by atoms with E-state index >= 15 is 0 Å². The van der Waals surface area contributed by atoms with E-state index in [0.717, 1.165) is 16.6 Å². The van der Waals surface area contributed by atoms with Gasteiger partial charge in [0, 0.05) is 40.8 Å². The predicted octanol–water partition coefficient (Wildman–Crippen LogP) is 8.29. The Bertz CT molecular complexity index is 2720. The summed E-state index contributed by atoms with van der Waals surface area (Å²) >= 11 is 0. The van der Waals surface area contributed by atoms with Crippen molar-refractivity contribution in [2.24, 2.45) is 0 Å². The van der Waals surface area contributed by atoms with Gasteiger partial charge in [0.1, 0.15) is 58.7 Å². The number of carbonyl (C=O) groups excluding carboxylic acids is 4. The zero-order valence-electron chi connectivity index (χ0n) is 35.5. The Morgan fingerprint density at radius 1 is 0.585 bits per heavy atom. The van der Waals surface area contributed by atoms with Crippen LogP contribution < -0.4 is 9.47 Å². The van der Waals surface area contributed by atoms with Crippen LogP contribution in [0.1, 0.15) is 51.3 Å². The number of nitrogens with zero attached hydrogens (tertiary/aromatic N) is 3. The average Bonchev–Trinajstić information content (AvgIpc) is 3.75. The first-order valence-corrected chi connectivity index (χ1v) is 20.2. The zero-order chi connectivity index (χ0) is 46.5. The number of rotatable bonds is 17. The Labute approximate surface area is 374 Å². The normalized spacial score (nSPS) is 10.6. The first-order chi connectivity index (χ1) is 31.3. The van der Waals surface area contributed by atoms with E-state index in [0.29, 0.717) is 28.8 Å². The van der Waals surface area contributed by atoms with Gasteiger partial charge in [-0.05, 0) is 67.9 Å². The molecule has 65 heavy (non-hydrogen) atoms. The fourth-order valence-electron chi connectivity index (χ4n) is 6.06. The lowest BCUT2D eigenvalue weighted by Gasteiger charge is -2.20. The van der Waals surface area contributed by atoms with Crippen LogP contribution in [0.25, 0.3) is 16.7 Å². The van der Waals surface area contributed by atoms with E-state index in [-0.39, 0.29) is 76.8 Å². The second kappa shape index (κ2) is 21.5. The number of hydrogen-bond donors (Lipinski definition) is 3. The molecule has 1 aromatic heterocycles. The van der Waals surface area contributed by atoms with E-state index in [1.165, 1.54) is 48.1 Å². The molecule has 0 unspecified atom stereocenters.